The fourth-order valence-electron chi connectivity index (χ4n) is 3.70. The first-order valence-corrected chi connectivity index (χ1v) is 9.64. The molecular formula is C21H27F5O2. The second kappa shape index (κ2) is 10.8. The van der Waals surface area contributed by atoms with E-state index < -0.39 is 18.9 Å². The van der Waals surface area contributed by atoms with Gasteiger partial charge >= 0.3 is 6.36 Å². The molecule has 1 fully saturated rings. The summed E-state index contributed by atoms with van der Waals surface area (Å²) in [7, 11) is 0. The second-order valence-corrected chi connectivity index (χ2v) is 7.23. The van der Waals surface area contributed by atoms with Crippen LogP contribution in [0, 0.1) is 11.8 Å². The van der Waals surface area contributed by atoms with Crippen LogP contribution in [0.4, 0.5) is 22.0 Å². The lowest BCUT2D eigenvalue weighted by Gasteiger charge is -2.33. The summed E-state index contributed by atoms with van der Waals surface area (Å²) in [6.45, 7) is 1.92. The number of alkyl halides is 5. The largest absolute Gasteiger partial charge is 0.573 e. The van der Waals surface area contributed by atoms with Crippen LogP contribution in [0.5, 0.6) is 5.75 Å². The van der Waals surface area contributed by atoms with Gasteiger partial charge in [-0.25, -0.2) is 8.78 Å². The number of hydrogen-bond acceptors (Lipinski definition) is 2. The van der Waals surface area contributed by atoms with E-state index in [1.807, 2.05) is 13.0 Å². The van der Waals surface area contributed by atoms with Crippen molar-refractivity contribution in [3.05, 3.63) is 42.0 Å². The van der Waals surface area contributed by atoms with Crippen LogP contribution in [0.1, 0.15) is 51.0 Å². The van der Waals surface area contributed by atoms with E-state index in [0.717, 1.165) is 37.8 Å². The SMILES string of the molecule is C/C=C/CCC1CCC(C(OCc2ccc(OC(F)(F)F)cc2)C(F)F)CC1. The van der Waals surface area contributed by atoms with Crippen molar-refractivity contribution in [2.24, 2.45) is 11.8 Å². The summed E-state index contributed by atoms with van der Waals surface area (Å²) in [6.07, 6.45) is 1.05. The molecule has 0 heterocycles. The topological polar surface area (TPSA) is 18.5 Å². The first-order chi connectivity index (χ1) is 13.3. The predicted octanol–water partition coefficient (Wildman–Crippen LogP) is 6.90. The Hall–Kier alpha value is -1.63. The summed E-state index contributed by atoms with van der Waals surface area (Å²) in [5.74, 6) is 0.0376. The first kappa shape index (κ1) is 22.7. The van der Waals surface area contributed by atoms with E-state index in [-0.39, 0.29) is 18.3 Å². The lowest BCUT2D eigenvalue weighted by Crippen LogP contribution is -2.34. The van der Waals surface area contributed by atoms with Gasteiger partial charge in [-0.2, -0.15) is 0 Å². The van der Waals surface area contributed by atoms with Crippen LogP contribution in [-0.2, 0) is 11.3 Å². The molecule has 0 bridgehead atoms. The zero-order chi connectivity index (χ0) is 20.6. The van der Waals surface area contributed by atoms with E-state index in [9.17, 15) is 22.0 Å². The average molecular weight is 406 g/mol. The van der Waals surface area contributed by atoms with Crippen molar-refractivity contribution < 1.29 is 31.4 Å². The highest BCUT2D eigenvalue weighted by molar-refractivity contribution is 5.27. The molecule has 1 aromatic carbocycles. The first-order valence-electron chi connectivity index (χ1n) is 9.64. The molecule has 0 N–H and O–H groups in total. The minimum absolute atomic E-state index is 0.0669. The summed E-state index contributed by atoms with van der Waals surface area (Å²) in [4.78, 5) is 0. The minimum Gasteiger partial charge on any atom is -0.406 e. The highest BCUT2D eigenvalue weighted by atomic mass is 19.4. The third-order valence-electron chi connectivity index (χ3n) is 5.18. The van der Waals surface area contributed by atoms with Crippen molar-refractivity contribution in [1.29, 1.82) is 0 Å². The van der Waals surface area contributed by atoms with Gasteiger partial charge in [0.2, 0.25) is 0 Å². The molecule has 0 aliphatic heterocycles. The molecule has 28 heavy (non-hydrogen) atoms. The molecule has 0 amide bonds. The Morgan fingerprint density at radius 1 is 1.07 bits per heavy atom. The number of rotatable bonds is 9. The van der Waals surface area contributed by atoms with E-state index in [0.29, 0.717) is 24.3 Å². The lowest BCUT2D eigenvalue weighted by molar-refractivity contribution is -0.274. The Morgan fingerprint density at radius 2 is 1.71 bits per heavy atom. The summed E-state index contributed by atoms with van der Waals surface area (Å²) in [5, 5.41) is 0. The Labute approximate surface area is 162 Å². The third-order valence-corrected chi connectivity index (χ3v) is 5.18. The maximum atomic E-state index is 13.5. The molecule has 0 saturated heterocycles. The van der Waals surface area contributed by atoms with Crippen molar-refractivity contribution in [1.82, 2.24) is 0 Å². The smallest absolute Gasteiger partial charge is 0.406 e. The van der Waals surface area contributed by atoms with Crippen molar-refractivity contribution in [3.8, 4) is 5.75 Å². The quantitative estimate of drug-likeness (QED) is 0.328. The van der Waals surface area contributed by atoms with Crippen molar-refractivity contribution >= 4 is 0 Å². The third kappa shape index (κ3) is 7.78. The number of ether oxygens (including phenoxy) is 2. The molecule has 158 valence electrons. The molecule has 0 radical (unpaired) electrons. The van der Waals surface area contributed by atoms with Crippen molar-refractivity contribution in [2.45, 2.75) is 70.9 Å². The number of halogens is 5. The zero-order valence-electron chi connectivity index (χ0n) is 15.9. The number of benzene rings is 1. The maximum Gasteiger partial charge on any atom is 0.573 e. The van der Waals surface area contributed by atoms with E-state index in [1.54, 1.807) is 0 Å². The fraction of sp³-hybridized carbons (Fsp3) is 0.619. The Balaban J connectivity index is 1.83. The van der Waals surface area contributed by atoms with Gasteiger partial charge in [0.25, 0.3) is 6.43 Å². The Morgan fingerprint density at radius 3 is 2.25 bits per heavy atom. The van der Waals surface area contributed by atoms with Gasteiger partial charge in [0, 0.05) is 0 Å². The Kier molecular flexibility index (Phi) is 8.73. The van der Waals surface area contributed by atoms with Crippen LogP contribution < -0.4 is 4.74 Å². The van der Waals surface area contributed by atoms with Crippen LogP contribution in [0.25, 0.3) is 0 Å². The summed E-state index contributed by atoms with van der Waals surface area (Å²) >= 11 is 0. The van der Waals surface area contributed by atoms with Gasteiger partial charge in [0.05, 0.1) is 6.61 Å². The average Bonchev–Trinajstić information content (AvgIpc) is 2.63. The summed E-state index contributed by atoms with van der Waals surface area (Å²) < 4.78 is 72.8. The molecule has 1 atom stereocenters. The fourth-order valence-corrected chi connectivity index (χ4v) is 3.70. The monoisotopic (exact) mass is 406 g/mol. The molecular weight excluding hydrogens is 379 g/mol. The van der Waals surface area contributed by atoms with Crippen LogP contribution >= 0.6 is 0 Å². The highest BCUT2D eigenvalue weighted by Crippen LogP contribution is 2.36. The Bertz CT molecular complexity index is 590. The molecule has 7 heteroatoms. The van der Waals surface area contributed by atoms with Crippen LogP contribution in [0.15, 0.2) is 36.4 Å². The van der Waals surface area contributed by atoms with Crippen LogP contribution in [-0.4, -0.2) is 18.9 Å². The standard InChI is InChI=1S/C21H27F5O2/c1-2-3-4-5-15-6-10-17(11-7-15)19(20(22)23)27-14-16-8-12-18(13-9-16)28-21(24,25)26/h2-3,8-9,12-13,15,17,19-20H,4-7,10-11,14H2,1H3/b3-2+. The maximum absolute atomic E-state index is 13.5. The normalized spacial score (nSPS) is 22.0. The van der Waals surface area contributed by atoms with Crippen LogP contribution in [0.3, 0.4) is 0 Å². The van der Waals surface area contributed by atoms with Gasteiger partial charge in [-0.1, -0.05) is 37.1 Å². The zero-order valence-corrected chi connectivity index (χ0v) is 15.9. The van der Waals surface area contributed by atoms with E-state index in [1.165, 1.54) is 12.1 Å². The van der Waals surface area contributed by atoms with Crippen LogP contribution in [0.2, 0.25) is 0 Å². The molecule has 2 nitrogen and oxygen atoms in total. The molecule has 1 aromatic rings. The second-order valence-electron chi connectivity index (χ2n) is 7.23. The molecule has 0 spiro atoms. The van der Waals surface area contributed by atoms with E-state index >= 15 is 0 Å². The molecule has 0 aromatic heterocycles. The molecule has 1 aliphatic rings. The molecule has 1 unspecified atom stereocenters. The molecule has 1 aliphatic carbocycles. The van der Waals surface area contributed by atoms with Gasteiger partial charge < -0.3 is 9.47 Å². The van der Waals surface area contributed by atoms with Crippen molar-refractivity contribution in [2.75, 3.05) is 0 Å². The number of allylic oxidation sites excluding steroid dienone is 2. The van der Waals surface area contributed by atoms with E-state index in [2.05, 4.69) is 10.8 Å². The van der Waals surface area contributed by atoms with Gasteiger partial charge in [0.1, 0.15) is 11.9 Å². The van der Waals surface area contributed by atoms with Gasteiger partial charge in [-0.3, -0.25) is 0 Å². The van der Waals surface area contributed by atoms with E-state index in [4.69, 9.17) is 4.74 Å². The van der Waals surface area contributed by atoms with Gasteiger partial charge in [0.15, 0.2) is 0 Å². The molecule has 2 rings (SSSR count). The van der Waals surface area contributed by atoms with Gasteiger partial charge in [-0.15, -0.1) is 13.2 Å². The lowest BCUT2D eigenvalue weighted by atomic mass is 9.77. The molecule has 1 saturated carbocycles. The summed E-state index contributed by atoms with van der Waals surface area (Å²) in [5.41, 5.74) is 0.528. The van der Waals surface area contributed by atoms with Gasteiger partial charge in [-0.05, 0) is 62.1 Å². The number of hydrogen-bond donors (Lipinski definition) is 0. The predicted molar refractivity (Wildman–Crippen MR) is 97.2 cm³/mol. The van der Waals surface area contributed by atoms with Crippen molar-refractivity contribution in [3.63, 3.8) is 0 Å². The highest BCUT2D eigenvalue weighted by Gasteiger charge is 2.34. The minimum atomic E-state index is -4.76. The summed E-state index contributed by atoms with van der Waals surface area (Å²) in [6, 6.07) is 5.09.